The third-order valence-electron chi connectivity index (χ3n) is 5.52. The van der Waals surface area contributed by atoms with Crippen molar-refractivity contribution in [2.24, 2.45) is 20.9 Å². The van der Waals surface area contributed by atoms with E-state index in [0.29, 0.717) is 5.92 Å². The number of hydrogen-bond acceptors (Lipinski definition) is 5. The van der Waals surface area contributed by atoms with Crippen molar-refractivity contribution < 1.29 is 0 Å². The summed E-state index contributed by atoms with van der Waals surface area (Å²) in [5.41, 5.74) is 6.04. The van der Waals surface area contributed by atoms with Gasteiger partial charge >= 0.3 is 0 Å². The average molecular weight is 393 g/mol. The molecule has 148 valence electrons. The van der Waals surface area contributed by atoms with Gasteiger partial charge in [0.05, 0.1) is 40.6 Å². The van der Waals surface area contributed by atoms with Gasteiger partial charge in [0.15, 0.2) is 0 Å². The van der Waals surface area contributed by atoms with Gasteiger partial charge in [-0.15, -0.1) is 0 Å². The minimum atomic E-state index is 0.112. The zero-order valence-corrected chi connectivity index (χ0v) is 16.9. The third kappa shape index (κ3) is 3.96. The van der Waals surface area contributed by atoms with E-state index in [1.165, 1.54) is 5.57 Å². The second-order valence-corrected chi connectivity index (χ2v) is 7.84. The van der Waals surface area contributed by atoms with Crippen LogP contribution in [0, 0.1) is 5.92 Å². The summed E-state index contributed by atoms with van der Waals surface area (Å²) in [6, 6.07) is 12.1. The van der Waals surface area contributed by atoms with Crippen LogP contribution in [0.3, 0.4) is 0 Å². The van der Waals surface area contributed by atoms with Gasteiger partial charge in [-0.1, -0.05) is 36.4 Å². The van der Waals surface area contributed by atoms with Crippen molar-refractivity contribution in [3.05, 3.63) is 90.1 Å². The number of nitrogens with zero attached hydrogens (tertiary/aromatic N) is 5. The van der Waals surface area contributed by atoms with E-state index in [4.69, 9.17) is 4.99 Å². The van der Waals surface area contributed by atoms with Crippen molar-refractivity contribution in [2.75, 3.05) is 0 Å². The van der Waals surface area contributed by atoms with E-state index >= 15 is 0 Å². The fourth-order valence-corrected chi connectivity index (χ4v) is 4.10. The van der Waals surface area contributed by atoms with Crippen LogP contribution < -0.4 is 0 Å². The predicted molar refractivity (Wildman–Crippen MR) is 122 cm³/mol. The molecule has 3 aliphatic rings. The van der Waals surface area contributed by atoms with Crippen LogP contribution >= 0.6 is 0 Å². The fourth-order valence-electron chi connectivity index (χ4n) is 4.10. The van der Waals surface area contributed by atoms with Gasteiger partial charge in [0.1, 0.15) is 0 Å². The zero-order chi connectivity index (χ0) is 20.3. The highest BCUT2D eigenvalue weighted by Gasteiger charge is 2.25. The van der Waals surface area contributed by atoms with Gasteiger partial charge in [-0.3, -0.25) is 20.0 Å². The Morgan fingerprint density at radius 1 is 0.933 bits per heavy atom. The van der Waals surface area contributed by atoms with Crippen LogP contribution in [0.25, 0.3) is 5.70 Å². The SMILES string of the molecule is CC1=NC2C=CC(CC3C=C(c4ccccn4)N=C(c4ccccn4)C3)=CC2N=C1. The Labute approximate surface area is 176 Å². The predicted octanol–water partition coefficient (Wildman–Crippen LogP) is 4.50. The number of rotatable bonds is 4. The van der Waals surface area contributed by atoms with Crippen molar-refractivity contribution in [1.82, 2.24) is 9.97 Å². The molecule has 0 fully saturated rings. The second kappa shape index (κ2) is 8.11. The highest BCUT2D eigenvalue weighted by atomic mass is 14.9. The van der Waals surface area contributed by atoms with E-state index in [1.54, 1.807) is 0 Å². The number of aliphatic imine (C=N–C) groups is 3. The summed E-state index contributed by atoms with van der Waals surface area (Å²) in [5.74, 6) is 0.321. The molecule has 0 saturated carbocycles. The Morgan fingerprint density at radius 3 is 2.50 bits per heavy atom. The van der Waals surface area contributed by atoms with Crippen LogP contribution in [0.5, 0.6) is 0 Å². The molecule has 3 atom stereocenters. The summed E-state index contributed by atoms with van der Waals surface area (Å²) < 4.78 is 0. The molecule has 2 aromatic rings. The molecule has 2 aliphatic heterocycles. The van der Waals surface area contributed by atoms with Crippen molar-refractivity contribution >= 4 is 23.3 Å². The second-order valence-electron chi connectivity index (χ2n) is 7.84. The first-order chi connectivity index (χ1) is 14.7. The van der Waals surface area contributed by atoms with Gasteiger partial charge in [0.2, 0.25) is 0 Å². The topological polar surface area (TPSA) is 62.9 Å². The standard InChI is InChI=1S/C25H23N5/c1-17-16-28-23-13-18(8-9-22(23)29-17)12-19-14-24(20-6-2-4-10-26-20)30-25(15-19)21-7-3-5-11-27-21/h2-11,13-14,16,19,22-23H,12,15H2,1H3. The lowest BCUT2D eigenvalue weighted by Crippen LogP contribution is -2.27. The third-order valence-corrected chi connectivity index (χ3v) is 5.52. The Balaban J connectivity index is 1.42. The molecule has 5 heteroatoms. The molecule has 0 saturated heterocycles. The summed E-state index contributed by atoms with van der Waals surface area (Å²) in [7, 11) is 0. The van der Waals surface area contributed by atoms with Gasteiger partial charge in [-0.2, -0.15) is 0 Å². The van der Waals surface area contributed by atoms with E-state index in [9.17, 15) is 0 Å². The minimum absolute atomic E-state index is 0.112. The molecule has 4 heterocycles. The summed E-state index contributed by atoms with van der Waals surface area (Å²) in [4.78, 5) is 23.3. The first-order valence-electron chi connectivity index (χ1n) is 10.3. The van der Waals surface area contributed by atoms with Crippen LogP contribution in [-0.2, 0) is 0 Å². The summed E-state index contributed by atoms with van der Waals surface area (Å²) in [6.45, 7) is 2.00. The number of hydrogen-bond donors (Lipinski definition) is 0. The maximum absolute atomic E-state index is 4.91. The molecule has 5 rings (SSSR count). The van der Waals surface area contributed by atoms with Crippen molar-refractivity contribution in [2.45, 2.75) is 31.8 Å². The van der Waals surface area contributed by atoms with Crippen molar-refractivity contribution in [3.8, 4) is 0 Å². The molecule has 1 aliphatic carbocycles. The lowest BCUT2D eigenvalue weighted by molar-refractivity contribution is 0.645. The molecular weight excluding hydrogens is 370 g/mol. The van der Waals surface area contributed by atoms with Crippen LogP contribution in [0.2, 0.25) is 0 Å². The normalized spacial score (nSPS) is 25.0. The van der Waals surface area contributed by atoms with Gasteiger partial charge in [0, 0.05) is 18.6 Å². The number of allylic oxidation sites excluding steroid dienone is 3. The highest BCUT2D eigenvalue weighted by molar-refractivity contribution is 6.30. The van der Waals surface area contributed by atoms with Crippen molar-refractivity contribution in [3.63, 3.8) is 0 Å². The summed E-state index contributed by atoms with van der Waals surface area (Å²) in [6.07, 6.45) is 16.2. The molecule has 0 spiro atoms. The van der Waals surface area contributed by atoms with E-state index < -0.39 is 0 Å². The summed E-state index contributed by atoms with van der Waals surface area (Å²) in [5, 5.41) is 0. The highest BCUT2D eigenvalue weighted by Crippen LogP contribution is 2.32. The van der Waals surface area contributed by atoms with Gasteiger partial charge < -0.3 is 0 Å². The molecule has 0 radical (unpaired) electrons. The van der Waals surface area contributed by atoms with Crippen LogP contribution in [0.1, 0.15) is 31.2 Å². The van der Waals surface area contributed by atoms with Crippen LogP contribution in [-0.4, -0.2) is 39.7 Å². The van der Waals surface area contributed by atoms with Gasteiger partial charge in [-0.05, 0) is 55.5 Å². The zero-order valence-electron chi connectivity index (χ0n) is 16.9. The lowest BCUT2D eigenvalue weighted by atomic mass is 9.86. The largest absolute Gasteiger partial charge is 0.281 e. The molecule has 0 amide bonds. The quantitative estimate of drug-likeness (QED) is 0.768. The van der Waals surface area contributed by atoms with E-state index in [0.717, 1.165) is 41.3 Å². The molecular formula is C25H23N5. The average Bonchev–Trinajstić information content (AvgIpc) is 2.80. The molecule has 3 unspecified atom stereocenters. The Hall–Kier alpha value is -3.47. The first kappa shape index (κ1) is 18.6. The fraction of sp³-hybridized carbons (Fsp3) is 0.240. The molecule has 2 aromatic heterocycles. The molecule has 0 aromatic carbocycles. The monoisotopic (exact) mass is 393 g/mol. The van der Waals surface area contributed by atoms with E-state index in [-0.39, 0.29) is 12.1 Å². The first-order valence-corrected chi connectivity index (χ1v) is 10.3. The van der Waals surface area contributed by atoms with Gasteiger partial charge in [-0.25, -0.2) is 4.99 Å². The molecule has 5 nitrogen and oxygen atoms in total. The Morgan fingerprint density at radius 2 is 1.73 bits per heavy atom. The molecule has 30 heavy (non-hydrogen) atoms. The van der Waals surface area contributed by atoms with Crippen LogP contribution in [0.15, 0.2) is 93.6 Å². The Kier molecular flexibility index (Phi) is 5.01. The smallest absolute Gasteiger partial charge is 0.0946 e. The minimum Gasteiger partial charge on any atom is -0.281 e. The molecule has 0 N–H and O–H groups in total. The Bertz CT molecular complexity index is 1110. The maximum atomic E-state index is 4.91. The number of fused-ring (bicyclic) bond motifs is 1. The maximum Gasteiger partial charge on any atom is 0.0946 e. The van der Waals surface area contributed by atoms with Gasteiger partial charge in [0.25, 0.3) is 0 Å². The lowest BCUT2D eigenvalue weighted by Gasteiger charge is -2.26. The van der Waals surface area contributed by atoms with E-state index in [1.807, 2.05) is 61.9 Å². The number of pyridine rings is 2. The van der Waals surface area contributed by atoms with Crippen molar-refractivity contribution in [1.29, 1.82) is 0 Å². The van der Waals surface area contributed by atoms with E-state index in [2.05, 4.69) is 44.3 Å². The van der Waals surface area contributed by atoms with Crippen LogP contribution in [0.4, 0.5) is 0 Å². The molecule has 0 bridgehead atoms. The summed E-state index contributed by atoms with van der Waals surface area (Å²) >= 11 is 0. The number of aromatic nitrogens is 2.